The number of rotatable bonds is 4. The van der Waals surface area contributed by atoms with Crippen LogP contribution in [0.2, 0.25) is 0 Å². The average molecular weight is 212 g/mol. The predicted molar refractivity (Wildman–Crippen MR) is 53.5 cm³/mol. The zero-order chi connectivity index (χ0) is 11.5. The van der Waals surface area contributed by atoms with E-state index in [0.717, 1.165) is 0 Å². The minimum Gasteiger partial charge on any atom is -0.480 e. The number of nitrogens with two attached hydrogens (primary N) is 1. The van der Waals surface area contributed by atoms with E-state index >= 15 is 0 Å². The van der Waals surface area contributed by atoms with Gasteiger partial charge in [0.05, 0.1) is 0 Å². The van der Waals surface area contributed by atoms with Gasteiger partial charge in [-0.1, -0.05) is 12.1 Å². The number of halogens is 1. The highest BCUT2D eigenvalue weighted by atomic mass is 19.1. The Morgan fingerprint density at radius 1 is 1.53 bits per heavy atom. The molecule has 1 unspecified atom stereocenters. The van der Waals surface area contributed by atoms with E-state index in [4.69, 9.17) is 10.9 Å². The molecule has 4 N–H and O–H groups in total. The molecule has 0 aromatic heterocycles. The van der Waals surface area contributed by atoms with Crippen LogP contribution in [0.3, 0.4) is 0 Å². The lowest BCUT2D eigenvalue weighted by atomic mass is 9.94. The summed E-state index contributed by atoms with van der Waals surface area (Å²) in [6.07, 6.45) is 0.194. The highest BCUT2D eigenvalue weighted by Crippen LogP contribution is 2.13. The summed E-state index contributed by atoms with van der Waals surface area (Å²) in [6, 6.07) is 5.64. The van der Waals surface area contributed by atoms with Crippen molar-refractivity contribution < 1.29 is 14.3 Å². The minimum atomic E-state index is -1.24. The van der Waals surface area contributed by atoms with Crippen molar-refractivity contribution in [2.75, 3.05) is 0 Å². The van der Waals surface area contributed by atoms with Crippen LogP contribution in [0.1, 0.15) is 12.5 Å². The van der Waals surface area contributed by atoms with Crippen molar-refractivity contribution in [2.24, 2.45) is 5.84 Å². The number of carboxylic acids is 1. The molecular weight excluding hydrogens is 199 g/mol. The van der Waals surface area contributed by atoms with Gasteiger partial charge < -0.3 is 5.11 Å². The van der Waals surface area contributed by atoms with E-state index in [1.54, 1.807) is 0 Å². The lowest BCUT2D eigenvalue weighted by Crippen LogP contribution is -2.54. The molecule has 1 atom stereocenters. The van der Waals surface area contributed by atoms with Crippen molar-refractivity contribution in [3.63, 3.8) is 0 Å². The average Bonchev–Trinajstić information content (AvgIpc) is 2.21. The van der Waals surface area contributed by atoms with Crippen LogP contribution >= 0.6 is 0 Å². The van der Waals surface area contributed by atoms with Crippen LogP contribution < -0.4 is 11.3 Å². The number of carbonyl (C=O) groups is 1. The van der Waals surface area contributed by atoms with E-state index < -0.39 is 11.5 Å². The van der Waals surface area contributed by atoms with Crippen molar-refractivity contribution in [3.8, 4) is 0 Å². The predicted octanol–water partition coefficient (Wildman–Crippen LogP) is 0.675. The maximum atomic E-state index is 12.6. The lowest BCUT2D eigenvalue weighted by Gasteiger charge is -2.23. The van der Waals surface area contributed by atoms with Crippen molar-refractivity contribution in [2.45, 2.75) is 18.9 Å². The van der Waals surface area contributed by atoms with Crippen LogP contribution in [0.5, 0.6) is 0 Å². The molecule has 0 heterocycles. The first-order valence-electron chi connectivity index (χ1n) is 4.43. The van der Waals surface area contributed by atoms with E-state index in [1.807, 2.05) is 0 Å². The number of nitrogens with one attached hydrogen (secondary N) is 1. The third kappa shape index (κ3) is 2.74. The Morgan fingerprint density at radius 2 is 2.07 bits per heavy atom. The molecule has 0 aliphatic heterocycles. The van der Waals surface area contributed by atoms with Gasteiger partial charge in [0.2, 0.25) is 0 Å². The molecule has 0 aliphatic rings. The second-order valence-corrected chi connectivity index (χ2v) is 3.58. The molecule has 4 nitrogen and oxygen atoms in total. The van der Waals surface area contributed by atoms with Crippen LogP contribution in [0.4, 0.5) is 4.39 Å². The molecule has 1 rings (SSSR count). The van der Waals surface area contributed by atoms with Gasteiger partial charge in [-0.3, -0.25) is 10.6 Å². The van der Waals surface area contributed by atoms with Crippen molar-refractivity contribution in [1.82, 2.24) is 5.43 Å². The van der Waals surface area contributed by atoms with Gasteiger partial charge in [-0.25, -0.2) is 9.82 Å². The molecule has 0 saturated carbocycles. The molecule has 0 aliphatic carbocycles. The second-order valence-electron chi connectivity index (χ2n) is 3.58. The maximum absolute atomic E-state index is 12.6. The largest absolute Gasteiger partial charge is 0.480 e. The number of benzene rings is 1. The molecule has 0 amide bonds. The highest BCUT2D eigenvalue weighted by molar-refractivity contribution is 5.78. The number of hydrogen-bond donors (Lipinski definition) is 3. The zero-order valence-electron chi connectivity index (χ0n) is 8.33. The van der Waals surface area contributed by atoms with Crippen LogP contribution in [0, 0.1) is 5.82 Å². The van der Waals surface area contributed by atoms with Gasteiger partial charge in [0.15, 0.2) is 0 Å². The summed E-state index contributed by atoms with van der Waals surface area (Å²) in [5.74, 6) is 3.78. The third-order valence-electron chi connectivity index (χ3n) is 2.26. The number of hydrogen-bond acceptors (Lipinski definition) is 3. The number of hydrazine groups is 1. The van der Waals surface area contributed by atoms with Crippen molar-refractivity contribution in [3.05, 3.63) is 35.6 Å². The number of aliphatic carboxylic acids is 1. The molecule has 0 spiro atoms. The van der Waals surface area contributed by atoms with E-state index in [0.29, 0.717) is 5.56 Å². The first kappa shape index (κ1) is 11.6. The standard InChI is InChI=1S/C10H13FN2O2/c1-10(13-12,9(14)15)6-7-2-4-8(11)5-3-7/h2-5,13H,6,12H2,1H3,(H,14,15). The van der Waals surface area contributed by atoms with Gasteiger partial charge >= 0.3 is 5.97 Å². The molecule has 15 heavy (non-hydrogen) atoms. The molecule has 5 heteroatoms. The third-order valence-corrected chi connectivity index (χ3v) is 2.26. The summed E-state index contributed by atoms with van der Waals surface area (Å²) in [7, 11) is 0. The summed E-state index contributed by atoms with van der Waals surface area (Å²) in [5, 5.41) is 8.93. The normalized spacial score (nSPS) is 14.6. The van der Waals surface area contributed by atoms with Crippen LogP contribution in [-0.2, 0) is 11.2 Å². The second kappa shape index (κ2) is 4.37. The molecule has 0 saturated heterocycles. The quantitative estimate of drug-likeness (QED) is 0.506. The van der Waals surface area contributed by atoms with Gasteiger partial charge in [-0.15, -0.1) is 0 Å². The van der Waals surface area contributed by atoms with E-state index in [2.05, 4.69) is 5.43 Å². The van der Waals surface area contributed by atoms with Crippen LogP contribution in [0.15, 0.2) is 24.3 Å². The molecule has 82 valence electrons. The lowest BCUT2D eigenvalue weighted by molar-refractivity contribution is -0.144. The van der Waals surface area contributed by atoms with Gasteiger partial charge in [0, 0.05) is 6.42 Å². The van der Waals surface area contributed by atoms with Gasteiger partial charge in [0.1, 0.15) is 11.4 Å². The van der Waals surface area contributed by atoms with Gasteiger partial charge in [-0.05, 0) is 24.6 Å². The zero-order valence-corrected chi connectivity index (χ0v) is 8.33. The summed E-state index contributed by atoms with van der Waals surface area (Å²) in [6.45, 7) is 1.47. The van der Waals surface area contributed by atoms with Crippen LogP contribution in [0.25, 0.3) is 0 Å². The van der Waals surface area contributed by atoms with E-state index in [9.17, 15) is 9.18 Å². The minimum absolute atomic E-state index is 0.194. The SMILES string of the molecule is CC(Cc1ccc(F)cc1)(NN)C(=O)O. The summed E-state index contributed by atoms with van der Waals surface area (Å²) in [4.78, 5) is 10.9. The Morgan fingerprint density at radius 3 is 2.47 bits per heavy atom. The Balaban J connectivity index is 2.84. The smallest absolute Gasteiger partial charge is 0.325 e. The van der Waals surface area contributed by atoms with Gasteiger partial charge in [0.25, 0.3) is 0 Å². The fourth-order valence-corrected chi connectivity index (χ4v) is 1.20. The molecule has 0 radical (unpaired) electrons. The molecule has 0 bridgehead atoms. The topological polar surface area (TPSA) is 75.3 Å². The summed E-state index contributed by atoms with van der Waals surface area (Å²) in [5.41, 5.74) is 1.72. The first-order chi connectivity index (χ1) is 6.98. The van der Waals surface area contributed by atoms with E-state index in [1.165, 1.54) is 31.2 Å². The Bertz CT molecular complexity index is 353. The van der Waals surface area contributed by atoms with Gasteiger partial charge in [-0.2, -0.15) is 0 Å². The Kier molecular flexibility index (Phi) is 3.39. The molecule has 1 aromatic carbocycles. The Labute approximate surface area is 86.9 Å². The summed E-state index contributed by atoms with van der Waals surface area (Å²) < 4.78 is 12.6. The van der Waals surface area contributed by atoms with Crippen LogP contribution in [-0.4, -0.2) is 16.6 Å². The fourth-order valence-electron chi connectivity index (χ4n) is 1.20. The molecule has 1 aromatic rings. The monoisotopic (exact) mass is 212 g/mol. The van der Waals surface area contributed by atoms with E-state index in [-0.39, 0.29) is 12.2 Å². The number of carboxylic acid groups (broad SMARTS) is 1. The fraction of sp³-hybridized carbons (Fsp3) is 0.300. The highest BCUT2D eigenvalue weighted by Gasteiger charge is 2.31. The Hall–Kier alpha value is -1.46. The molecular formula is C10H13FN2O2. The summed E-state index contributed by atoms with van der Waals surface area (Å²) >= 11 is 0. The first-order valence-corrected chi connectivity index (χ1v) is 4.43. The maximum Gasteiger partial charge on any atom is 0.325 e. The van der Waals surface area contributed by atoms with Crippen molar-refractivity contribution in [1.29, 1.82) is 0 Å². The van der Waals surface area contributed by atoms with Crippen molar-refractivity contribution >= 4 is 5.97 Å². The molecule has 0 fully saturated rings.